The standard InChI is InChI=1S/C22H31N3O6S/c1-15(24(4)23-18(26)14-22(2,3)32)16-7-9-17(10-8-16)30-13-5-6-21(29)31-25-19(27)11-12-20(25)28/h7-10,15,32H,5-6,11-14H2,1-4H3,(H,23,26). The molecule has 0 saturated carbocycles. The second-order valence-corrected chi connectivity index (χ2v) is 9.59. The summed E-state index contributed by atoms with van der Waals surface area (Å²) in [5, 5.41) is 2.29. The maximum atomic E-state index is 12.1. The van der Waals surface area contributed by atoms with Crippen molar-refractivity contribution in [3.05, 3.63) is 29.8 Å². The quantitative estimate of drug-likeness (QED) is 0.224. The van der Waals surface area contributed by atoms with Crippen molar-refractivity contribution >= 4 is 36.3 Å². The van der Waals surface area contributed by atoms with Crippen molar-refractivity contribution in [1.82, 2.24) is 15.5 Å². The van der Waals surface area contributed by atoms with Crippen LogP contribution in [0, 0.1) is 0 Å². The summed E-state index contributed by atoms with van der Waals surface area (Å²) < 4.78 is 5.25. The summed E-state index contributed by atoms with van der Waals surface area (Å²) in [4.78, 5) is 51.5. The van der Waals surface area contributed by atoms with Gasteiger partial charge in [0.15, 0.2) is 0 Å². The van der Waals surface area contributed by atoms with Crippen LogP contribution in [0.3, 0.4) is 0 Å². The topological polar surface area (TPSA) is 105 Å². The number of ether oxygens (including phenoxy) is 1. The number of hydrazine groups is 1. The fraction of sp³-hybridized carbons (Fsp3) is 0.545. The van der Waals surface area contributed by atoms with E-state index in [1.165, 1.54) is 0 Å². The molecule has 1 aliphatic heterocycles. The largest absolute Gasteiger partial charge is 0.494 e. The molecule has 0 spiro atoms. The van der Waals surface area contributed by atoms with E-state index in [2.05, 4.69) is 18.1 Å². The molecule has 1 aromatic carbocycles. The van der Waals surface area contributed by atoms with Crippen LogP contribution in [0.15, 0.2) is 24.3 Å². The predicted octanol–water partition coefficient (Wildman–Crippen LogP) is 2.58. The van der Waals surface area contributed by atoms with Crippen molar-refractivity contribution in [2.45, 2.75) is 63.7 Å². The highest BCUT2D eigenvalue weighted by Crippen LogP contribution is 2.22. The highest BCUT2D eigenvalue weighted by molar-refractivity contribution is 7.81. The van der Waals surface area contributed by atoms with Gasteiger partial charge in [0.05, 0.1) is 19.1 Å². The average Bonchev–Trinajstić information content (AvgIpc) is 3.01. The number of imide groups is 1. The van der Waals surface area contributed by atoms with Gasteiger partial charge in [-0.15, -0.1) is 5.06 Å². The molecule has 9 nitrogen and oxygen atoms in total. The first-order valence-electron chi connectivity index (χ1n) is 10.5. The second-order valence-electron chi connectivity index (χ2n) is 8.38. The van der Waals surface area contributed by atoms with Crippen LogP contribution in [0.1, 0.15) is 64.5 Å². The van der Waals surface area contributed by atoms with Crippen LogP contribution in [0.5, 0.6) is 5.75 Å². The zero-order valence-electron chi connectivity index (χ0n) is 18.9. The van der Waals surface area contributed by atoms with E-state index in [1.54, 1.807) is 12.1 Å². The van der Waals surface area contributed by atoms with E-state index in [9.17, 15) is 19.2 Å². The summed E-state index contributed by atoms with van der Waals surface area (Å²) in [5.41, 5.74) is 3.85. The first-order valence-corrected chi connectivity index (χ1v) is 10.9. The van der Waals surface area contributed by atoms with Gasteiger partial charge < -0.3 is 9.57 Å². The fourth-order valence-electron chi connectivity index (χ4n) is 3.00. The number of benzene rings is 1. The lowest BCUT2D eigenvalue weighted by molar-refractivity contribution is -0.197. The monoisotopic (exact) mass is 465 g/mol. The van der Waals surface area contributed by atoms with Crippen molar-refractivity contribution in [3.63, 3.8) is 0 Å². The SMILES string of the molecule is CC(c1ccc(OCCCC(=O)ON2C(=O)CCC2=O)cc1)N(C)NC(=O)CC(C)(C)S. The Morgan fingerprint density at radius 3 is 2.34 bits per heavy atom. The molecule has 1 atom stereocenters. The van der Waals surface area contributed by atoms with Gasteiger partial charge in [0, 0.05) is 31.1 Å². The number of nitrogens with one attached hydrogen (secondary N) is 1. The van der Waals surface area contributed by atoms with Crippen LogP contribution in [-0.4, -0.2) is 52.2 Å². The smallest absolute Gasteiger partial charge is 0.333 e. The molecule has 0 bridgehead atoms. The third-order valence-corrected chi connectivity index (χ3v) is 4.99. The Balaban J connectivity index is 1.73. The maximum absolute atomic E-state index is 12.1. The molecule has 32 heavy (non-hydrogen) atoms. The van der Waals surface area contributed by atoms with Crippen LogP contribution < -0.4 is 10.2 Å². The third-order valence-electron chi connectivity index (χ3n) is 4.83. The molecule has 0 aliphatic carbocycles. The van der Waals surface area contributed by atoms with Crippen molar-refractivity contribution in [2.75, 3.05) is 13.7 Å². The summed E-state index contributed by atoms with van der Waals surface area (Å²) >= 11 is 4.38. The first-order chi connectivity index (χ1) is 15.0. The summed E-state index contributed by atoms with van der Waals surface area (Å²) in [6, 6.07) is 7.40. The molecule has 1 N–H and O–H groups in total. The van der Waals surface area contributed by atoms with Crippen molar-refractivity contribution in [1.29, 1.82) is 0 Å². The number of amides is 3. The van der Waals surface area contributed by atoms with Gasteiger partial charge >= 0.3 is 5.97 Å². The molecular weight excluding hydrogens is 434 g/mol. The Hall–Kier alpha value is -2.59. The van der Waals surface area contributed by atoms with Crippen LogP contribution in [0.2, 0.25) is 0 Å². The molecular formula is C22H31N3O6S. The van der Waals surface area contributed by atoms with Crippen LogP contribution >= 0.6 is 12.6 Å². The Morgan fingerprint density at radius 1 is 1.19 bits per heavy atom. The Morgan fingerprint density at radius 2 is 1.78 bits per heavy atom. The fourth-order valence-corrected chi connectivity index (χ4v) is 3.15. The summed E-state index contributed by atoms with van der Waals surface area (Å²) in [6.07, 6.45) is 0.848. The Bertz CT molecular complexity index is 821. The van der Waals surface area contributed by atoms with E-state index in [4.69, 9.17) is 9.57 Å². The number of hydrogen-bond donors (Lipinski definition) is 2. The van der Waals surface area contributed by atoms with Gasteiger partial charge in [0.2, 0.25) is 5.91 Å². The lowest BCUT2D eigenvalue weighted by atomic mass is 10.1. The minimum Gasteiger partial charge on any atom is -0.494 e. The molecule has 176 valence electrons. The molecule has 3 amide bonds. The molecule has 1 unspecified atom stereocenters. The Labute approximate surface area is 193 Å². The minimum atomic E-state index is -0.646. The zero-order valence-corrected chi connectivity index (χ0v) is 19.8. The summed E-state index contributed by atoms with van der Waals surface area (Å²) in [5.74, 6) is -1.10. The third kappa shape index (κ3) is 8.16. The van der Waals surface area contributed by atoms with Gasteiger partial charge in [0.1, 0.15) is 5.75 Å². The highest BCUT2D eigenvalue weighted by Gasteiger charge is 2.32. The summed E-state index contributed by atoms with van der Waals surface area (Å²) in [7, 11) is 1.81. The average molecular weight is 466 g/mol. The number of nitrogens with zero attached hydrogens (tertiary/aromatic N) is 2. The van der Waals surface area contributed by atoms with E-state index in [-0.39, 0.29) is 42.6 Å². The van der Waals surface area contributed by atoms with Gasteiger partial charge in [-0.2, -0.15) is 12.6 Å². The zero-order chi connectivity index (χ0) is 23.9. The molecule has 1 fully saturated rings. The van der Waals surface area contributed by atoms with E-state index >= 15 is 0 Å². The second kappa shape index (κ2) is 11.3. The van der Waals surface area contributed by atoms with Gasteiger partial charge in [-0.05, 0) is 31.0 Å². The number of hydroxylamine groups is 2. The molecule has 1 aliphatic rings. The number of rotatable bonds is 11. The van der Waals surface area contributed by atoms with Crippen molar-refractivity contribution in [2.24, 2.45) is 0 Å². The normalized spacial score (nSPS) is 15.1. The molecule has 1 aromatic rings. The van der Waals surface area contributed by atoms with Crippen molar-refractivity contribution < 1.29 is 28.8 Å². The molecule has 0 aromatic heterocycles. The lowest BCUT2D eigenvalue weighted by Gasteiger charge is -2.27. The predicted molar refractivity (Wildman–Crippen MR) is 120 cm³/mol. The van der Waals surface area contributed by atoms with E-state index in [1.807, 2.05) is 45.0 Å². The van der Waals surface area contributed by atoms with E-state index in [0.29, 0.717) is 23.7 Å². The molecule has 10 heteroatoms. The molecule has 1 saturated heterocycles. The van der Waals surface area contributed by atoms with Gasteiger partial charge in [-0.25, -0.2) is 9.80 Å². The van der Waals surface area contributed by atoms with Gasteiger partial charge in [-0.3, -0.25) is 19.8 Å². The van der Waals surface area contributed by atoms with Gasteiger partial charge in [-0.1, -0.05) is 26.0 Å². The van der Waals surface area contributed by atoms with E-state index < -0.39 is 17.8 Å². The first kappa shape index (κ1) is 25.7. The number of hydrogen-bond acceptors (Lipinski definition) is 8. The van der Waals surface area contributed by atoms with Crippen molar-refractivity contribution in [3.8, 4) is 5.75 Å². The molecule has 0 radical (unpaired) electrons. The lowest BCUT2D eigenvalue weighted by Crippen LogP contribution is -2.42. The van der Waals surface area contributed by atoms with Crippen LogP contribution in [0.25, 0.3) is 0 Å². The number of carbonyl (C=O) groups excluding carboxylic acids is 4. The number of carbonyl (C=O) groups is 4. The highest BCUT2D eigenvalue weighted by atomic mass is 32.1. The minimum absolute atomic E-state index is 0.0275. The number of thiol groups is 1. The van der Waals surface area contributed by atoms with E-state index in [0.717, 1.165) is 5.56 Å². The Kier molecular flexibility index (Phi) is 9.09. The van der Waals surface area contributed by atoms with Crippen LogP contribution in [-0.2, 0) is 24.0 Å². The summed E-state index contributed by atoms with van der Waals surface area (Å²) in [6.45, 7) is 6.03. The molecule has 1 heterocycles. The molecule has 2 rings (SSSR count). The van der Waals surface area contributed by atoms with Crippen LogP contribution in [0.4, 0.5) is 0 Å². The van der Waals surface area contributed by atoms with Gasteiger partial charge in [0.25, 0.3) is 11.8 Å². The maximum Gasteiger partial charge on any atom is 0.333 e.